The Morgan fingerprint density at radius 1 is 1.00 bits per heavy atom. The highest BCUT2D eigenvalue weighted by Crippen LogP contribution is 2.38. The predicted octanol–water partition coefficient (Wildman–Crippen LogP) is 4.77. The molecule has 0 fully saturated rings. The van der Waals surface area contributed by atoms with E-state index < -0.39 is 3.79 Å². The van der Waals surface area contributed by atoms with Crippen molar-refractivity contribution in [3.05, 3.63) is 58.4 Å². The van der Waals surface area contributed by atoms with Crippen LogP contribution in [0.25, 0.3) is 21.7 Å². The fourth-order valence-corrected chi connectivity index (χ4v) is 2.35. The van der Waals surface area contributed by atoms with Crippen LogP contribution in [0.15, 0.2) is 51.7 Å². The van der Waals surface area contributed by atoms with Gasteiger partial charge in [-0.05, 0) is 16.8 Å². The molecule has 3 rings (SSSR count). The summed E-state index contributed by atoms with van der Waals surface area (Å²) >= 11 is 17.2. The molecule has 0 atom stereocenters. The number of fused-ring (bicyclic) bond motifs is 3. The van der Waals surface area contributed by atoms with Crippen LogP contribution in [0.5, 0.6) is 0 Å². The van der Waals surface area contributed by atoms with Crippen LogP contribution in [0.1, 0.15) is 5.76 Å². The van der Waals surface area contributed by atoms with Crippen molar-refractivity contribution in [3.63, 3.8) is 0 Å². The Morgan fingerprint density at radius 3 is 2.47 bits per heavy atom. The van der Waals surface area contributed by atoms with Gasteiger partial charge in [0.15, 0.2) is 11.2 Å². The molecule has 2 aromatic carbocycles. The lowest BCUT2D eigenvalue weighted by Crippen LogP contribution is -2.08. The summed E-state index contributed by atoms with van der Waals surface area (Å²) in [6, 6.07) is 12.4. The fourth-order valence-electron chi connectivity index (χ4n) is 2.07. The minimum Gasteiger partial charge on any atom is -0.456 e. The summed E-state index contributed by atoms with van der Waals surface area (Å²) in [5, 5.41) is 2.28. The van der Waals surface area contributed by atoms with E-state index in [4.69, 9.17) is 39.2 Å². The van der Waals surface area contributed by atoms with Crippen molar-refractivity contribution in [1.29, 1.82) is 0 Å². The molecule has 2 nitrogen and oxygen atoms in total. The number of hydrogen-bond donors (Lipinski definition) is 0. The third-order valence-electron chi connectivity index (χ3n) is 2.90. The highest BCUT2D eigenvalue weighted by Gasteiger charge is 2.27. The van der Waals surface area contributed by atoms with Gasteiger partial charge in [0.2, 0.25) is 3.79 Å². The normalized spacial score (nSPS) is 12.2. The zero-order valence-corrected chi connectivity index (χ0v) is 11.8. The third kappa shape index (κ3) is 2.20. The van der Waals surface area contributed by atoms with Crippen molar-refractivity contribution in [2.45, 2.75) is 3.79 Å². The maximum atomic E-state index is 12.2. The molecule has 0 aliphatic carbocycles. The lowest BCUT2D eigenvalue weighted by Gasteiger charge is -2.11. The van der Waals surface area contributed by atoms with E-state index in [0.29, 0.717) is 11.0 Å². The monoisotopic (exact) mass is 312 g/mol. The second kappa shape index (κ2) is 4.41. The number of benzene rings is 2. The van der Waals surface area contributed by atoms with Gasteiger partial charge in [-0.1, -0.05) is 65.1 Å². The van der Waals surface area contributed by atoms with Gasteiger partial charge < -0.3 is 4.42 Å². The zero-order chi connectivity index (χ0) is 13.6. The summed E-state index contributed by atoms with van der Waals surface area (Å²) in [4.78, 5) is 12.2. The van der Waals surface area contributed by atoms with Crippen molar-refractivity contribution in [2.24, 2.45) is 0 Å². The van der Waals surface area contributed by atoms with E-state index in [9.17, 15) is 4.79 Å². The van der Waals surface area contributed by atoms with E-state index in [-0.39, 0.29) is 11.2 Å². The molecule has 0 saturated carbocycles. The van der Waals surface area contributed by atoms with E-state index in [2.05, 4.69) is 0 Å². The first-order valence-electron chi connectivity index (χ1n) is 5.49. The first kappa shape index (κ1) is 12.8. The molecular weight excluding hydrogens is 307 g/mol. The predicted molar refractivity (Wildman–Crippen MR) is 79.2 cm³/mol. The average Bonchev–Trinajstić information content (AvgIpc) is 2.37. The van der Waals surface area contributed by atoms with Gasteiger partial charge >= 0.3 is 0 Å². The Labute approximate surface area is 123 Å². The molecule has 1 aromatic heterocycles. The Balaban J connectivity index is 2.47. The standard InChI is InChI=1S/C14H7Cl3O2/c15-14(16,17)12-7-10(18)13-9-4-2-1-3-8(9)5-6-11(13)19-12/h1-7H. The van der Waals surface area contributed by atoms with Crippen LogP contribution in [0, 0.1) is 0 Å². The minimum absolute atomic E-state index is 0.0188. The molecule has 96 valence electrons. The van der Waals surface area contributed by atoms with Gasteiger partial charge in [-0.15, -0.1) is 0 Å². The summed E-state index contributed by atoms with van der Waals surface area (Å²) in [6.07, 6.45) is 0. The molecule has 3 aromatic rings. The molecule has 0 amide bonds. The molecule has 19 heavy (non-hydrogen) atoms. The zero-order valence-electron chi connectivity index (χ0n) is 9.49. The molecule has 5 heteroatoms. The SMILES string of the molecule is O=c1cc(C(Cl)(Cl)Cl)oc2ccc3ccccc3c12. The van der Waals surface area contributed by atoms with Crippen molar-refractivity contribution in [1.82, 2.24) is 0 Å². The number of halogens is 3. The smallest absolute Gasteiger partial charge is 0.248 e. The lowest BCUT2D eigenvalue weighted by molar-refractivity contribution is 0.546. The fraction of sp³-hybridized carbons (Fsp3) is 0.0714. The van der Waals surface area contributed by atoms with Crippen LogP contribution in [-0.2, 0) is 3.79 Å². The molecule has 0 saturated heterocycles. The summed E-state index contributed by atoms with van der Waals surface area (Å²) in [5.41, 5.74) is 0.187. The van der Waals surface area contributed by atoms with Gasteiger partial charge in [0.1, 0.15) is 5.58 Å². The highest BCUT2D eigenvalue weighted by atomic mass is 35.6. The van der Waals surface area contributed by atoms with Crippen molar-refractivity contribution in [2.75, 3.05) is 0 Å². The largest absolute Gasteiger partial charge is 0.456 e. The molecule has 0 bridgehead atoms. The van der Waals surface area contributed by atoms with Gasteiger partial charge in [0, 0.05) is 6.07 Å². The van der Waals surface area contributed by atoms with E-state index in [1.165, 1.54) is 6.07 Å². The van der Waals surface area contributed by atoms with Crippen molar-refractivity contribution >= 4 is 56.5 Å². The van der Waals surface area contributed by atoms with Gasteiger partial charge in [-0.25, -0.2) is 0 Å². The quantitative estimate of drug-likeness (QED) is 0.442. The van der Waals surface area contributed by atoms with E-state index in [0.717, 1.165) is 10.8 Å². The van der Waals surface area contributed by atoms with Gasteiger partial charge in [-0.2, -0.15) is 0 Å². The van der Waals surface area contributed by atoms with E-state index in [1.54, 1.807) is 6.07 Å². The molecule has 1 heterocycles. The van der Waals surface area contributed by atoms with Crippen LogP contribution in [-0.4, -0.2) is 0 Å². The van der Waals surface area contributed by atoms with Crippen LogP contribution in [0.3, 0.4) is 0 Å². The highest BCUT2D eigenvalue weighted by molar-refractivity contribution is 6.66. The Bertz CT molecular complexity index is 831. The summed E-state index contributed by atoms with van der Waals surface area (Å²) < 4.78 is 3.77. The van der Waals surface area contributed by atoms with Crippen molar-refractivity contribution in [3.8, 4) is 0 Å². The van der Waals surface area contributed by atoms with Gasteiger partial charge in [0.25, 0.3) is 0 Å². The maximum Gasteiger partial charge on any atom is 0.248 e. The molecule has 0 N–H and O–H groups in total. The Hall–Kier alpha value is -1.22. The number of alkyl halides is 3. The summed E-state index contributed by atoms with van der Waals surface area (Å²) in [6.45, 7) is 0. The summed E-state index contributed by atoms with van der Waals surface area (Å²) in [5.74, 6) is 0.0188. The molecule has 0 radical (unpaired) electrons. The summed E-state index contributed by atoms with van der Waals surface area (Å²) in [7, 11) is 0. The van der Waals surface area contributed by atoms with E-state index in [1.807, 2.05) is 30.3 Å². The average molecular weight is 314 g/mol. The maximum absolute atomic E-state index is 12.2. The molecule has 0 spiro atoms. The van der Waals surface area contributed by atoms with Crippen LogP contribution >= 0.6 is 34.8 Å². The second-order valence-electron chi connectivity index (χ2n) is 4.13. The second-order valence-corrected chi connectivity index (χ2v) is 6.41. The van der Waals surface area contributed by atoms with Gasteiger partial charge in [-0.3, -0.25) is 4.79 Å². The van der Waals surface area contributed by atoms with Crippen LogP contribution < -0.4 is 5.43 Å². The van der Waals surface area contributed by atoms with Crippen molar-refractivity contribution < 1.29 is 4.42 Å². The molecule has 0 aliphatic rings. The number of rotatable bonds is 0. The first-order chi connectivity index (χ1) is 8.97. The third-order valence-corrected chi connectivity index (χ3v) is 3.46. The minimum atomic E-state index is -1.75. The van der Waals surface area contributed by atoms with Gasteiger partial charge in [0.05, 0.1) is 5.39 Å². The molecule has 0 unspecified atom stereocenters. The Kier molecular flexibility index (Phi) is 2.97. The van der Waals surface area contributed by atoms with Crippen LogP contribution in [0.2, 0.25) is 0 Å². The van der Waals surface area contributed by atoms with Crippen LogP contribution in [0.4, 0.5) is 0 Å². The van der Waals surface area contributed by atoms with E-state index >= 15 is 0 Å². The molecular formula is C14H7Cl3O2. The molecule has 0 aliphatic heterocycles. The number of hydrogen-bond acceptors (Lipinski definition) is 2. The first-order valence-corrected chi connectivity index (χ1v) is 6.63. The topological polar surface area (TPSA) is 30.2 Å². The lowest BCUT2D eigenvalue weighted by atomic mass is 10.1. The Morgan fingerprint density at radius 2 is 1.74 bits per heavy atom.